The van der Waals surface area contributed by atoms with E-state index < -0.39 is 0 Å². The largest absolute Gasteiger partial charge is 0.362 e. The SMILES string of the molecule is CC(C)N1C(=O)c2ccccc2NC1(C)C1CC1. The Hall–Kier alpha value is -1.51. The molecule has 96 valence electrons. The highest BCUT2D eigenvalue weighted by molar-refractivity contribution is 6.02. The number of rotatable bonds is 2. The molecule has 1 aromatic rings. The van der Waals surface area contributed by atoms with Crippen LogP contribution >= 0.6 is 0 Å². The average Bonchev–Trinajstić information content (AvgIpc) is 3.12. The molecular formula is C15H20N2O. The molecule has 1 aliphatic carbocycles. The van der Waals surface area contributed by atoms with E-state index >= 15 is 0 Å². The predicted octanol–water partition coefficient (Wildman–Crippen LogP) is 3.09. The van der Waals surface area contributed by atoms with Crippen LogP contribution in [-0.2, 0) is 0 Å². The molecular weight excluding hydrogens is 224 g/mol. The number of hydrogen-bond acceptors (Lipinski definition) is 2. The Balaban J connectivity index is 2.10. The van der Waals surface area contributed by atoms with Gasteiger partial charge in [0.1, 0.15) is 5.66 Å². The molecule has 3 nitrogen and oxygen atoms in total. The molecule has 0 radical (unpaired) electrons. The lowest BCUT2D eigenvalue weighted by Crippen LogP contribution is -2.61. The number of para-hydroxylation sites is 1. The van der Waals surface area contributed by atoms with Crippen LogP contribution in [0.3, 0.4) is 0 Å². The monoisotopic (exact) mass is 244 g/mol. The van der Waals surface area contributed by atoms with Gasteiger partial charge in [-0.1, -0.05) is 12.1 Å². The molecule has 0 bridgehead atoms. The molecule has 1 amide bonds. The van der Waals surface area contributed by atoms with Crippen molar-refractivity contribution < 1.29 is 4.79 Å². The number of hydrogen-bond donors (Lipinski definition) is 1. The van der Waals surface area contributed by atoms with E-state index in [2.05, 4.69) is 26.1 Å². The number of carbonyl (C=O) groups is 1. The fraction of sp³-hybridized carbons (Fsp3) is 0.533. The van der Waals surface area contributed by atoms with Gasteiger partial charge in [0, 0.05) is 17.6 Å². The Morgan fingerprint density at radius 2 is 2.00 bits per heavy atom. The Morgan fingerprint density at radius 3 is 2.61 bits per heavy atom. The number of carbonyl (C=O) groups excluding carboxylic acids is 1. The maximum Gasteiger partial charge on any atom is 0.258 e. The van der Waals surface area contributed by atoms with Crippen molar-refractivity contribution >= 4 is 11.6 Å². The second kappa shape index (κ2) is 3.74. The zero-order chi connectivity index (χ0) is 12.9. The summed E-state index contributed by atoms with van der Waals surface area (Å²) in [5.74, 6) is 0.742. The van der Waals surface area contributed by atoms with Crippen molar-refractivity contribution in [1.29, 1.82) is 0 Å². The van der Waals surface area contributed by atoms with Gasteiger partial charge in [-0.3, -0.25) is 4.79 Å². The molecule has 1 N–H and O–H groups in total. The van der Waals surface area contributed by atoms with Gasteiger partial charge in [-0.2, -0.15) is 0 Å². The van der Waals surface area contributed by atoms with E-state index in [0.29, 0.717) is 5.92 Å². The highest BCUT2D eigenvalue weighted by Gasteiger charge is 2.51. The van der Waals surface area contributed by atoms with Crippen molar-refractivity contribution in [1.82, 2.24) is 4.90 Å². The third-order valence-corrected chi connectivity index (χ3v) is 4.15. The minimum Gasteiger partial charge on any atom is -0.362 e. The molecule has 1 heterocycles. The molecule has 1 fully saturated rings. The molecule has 0 aromatic heterocycles. The Labute approximate surface area is 108 Å². The van der Waals surface area contributed by atoms with Crippen LogP contribution in [0.2, 0.25) is 0 Å². The van der Waals surface area contributed by atoms with Gasteiger partial charge in [0.25, 0.3) is 5.91 Å². The first kappa shape index (κ1) is 11.6. The van der Waals surface area contributed by atoms with E-state index in [1.54, 1.807) is 0 Å². The van der Waals surface area contributed by atoms with Crippen molar-refractivity contribution in [3.05, 3.63) is 29.8 Å². The summed E-state index contributed by atoms with van der Waals surface area (Å²) in [6.45, 7) is 6.35. The minimum atomic E-state index is -0.223. The quantitative estimate of drug-likeness (QED) is 0.867. The number of anilines is 1. The summed E-state index contributed by atoms with van der Waals surface area (Å²) in [7, 11) is 0. The maximum absolute atomic E-state index is 12.7. The van der Waals surface area contributed by atoms with Gasteiger partial charge >= 0.3 is 0 Å². The summed E-state index contributed by atoms with van der Waals surface area (Å²) >= 11 is 0. The van der Waals surface area contributed by atoms with E-state index in [-0.39, 0.29) is 17.6 Å². The summed E-state index contributed by atoms with van der Waals surface area (Å²) in [6.07, 6.45) is 2.42. The minimum absolute atomic E-state index is 0.161. The van der Waals surface area contributed by atoms with Gasteiger partial charge in [0.15, 0.2) is 0 Å². The van der Waals surface area contributed by atoms with E-state index in [9.17, 15) is 4.79 Å². The average molecular weight is 244 g/mol. The van der Waals surface area contributed by atoms with E-state index in [0.717, 1.165) is 11.3 Å². The lowest BCUT2D eigenvalue weighted by Gasteiger charge is -2.49. The number of benzene rings is 1. The molecule has 0 saturated heterocycles. The normalized spacial score (nSPS) is 27.1. The highest BCUT2D eigenvalue weighted by Crippen LogP contribution is 2.47. The molecule has 1 aliphatic heterocycles. The summed E-state index contributed by atoms with van der Waals surface area (Å²) in [4.78, 5) is 14.7. The second-order valence-electron chi connectivity index (χ2n) is 5.86. The molecule has 1 unspecified atom stereocenters. The van der Waals surface area contributed by atoms with E-state index in [1.807, 2.05) is 29.2 Å². The van der Waals surface area contributed by atoms with E-state index in [1.165, 1.54) is 12.8 Å². The highest BCUT2D eigenvalue weighted by atomic mass is 16.2. The van der Waals surface area contributed by atoms with Gasteiger partial charge in [-0.05, 0) is 45.7 Å². The van der Waals surface area contributed by atoms with Crippen molar-refractivity contribution in [3.63, 3.8) is 0 Å². The molecule has 0 spiro atoms. The van der Waals surface area contributed by atoms with Crippen LogP contribution < -0.4 is 5.32 Å². The van der Waals surface area contributed by atoms with Crippen LogP contribution in [-0.4, -0.2) is 22.5 Å². The van der Waals surface area contributed by atoms with Gasteiger partial charge in [0.05, 0.1) is 5.56 Å². The fourth-order valence-electron chi connectivity index (χ4n) is 3.17. The third-order valence-electron chi connectivity index (χ3n) is 4.15. The van der Waals surface area contributed by atoms with Crippen LogP contribution in [0, 0.1) is 5.92 Å². The van der Waals surface area contributed by atoms with Crippen LogP contribution in [0.5, 0.6) is 0 Å². The maximum atomic E-state index is 12.7. The van der Waals surface area contributed by atoms with Crippen molar-refractivity contribution in [3.8, 4) is 0 Å². The van der Waals surface area contributed by atoms with E-state index in [4.69, 9.17) is 0 Å². The number of nitrogens with zero attached hydrogens (tertiary/aromatic N) is 1. The van der Waals surface area contributed by atoms with Gasteiger partial charge in [0.2, 0.25) is 0 Å². The summed E-state index contributed by atoms with van der Waals surface area (Å²) in [5.41, 5.74) is 1.55. The fourth-order valence-corrected chi connectivity index (χ4v) is 3.17. The van der Waals surface area contributed by atoms with Crippen LogP contribution in [0.4, 0.5) is 5.69 Å². The zero-order valence-electron chi connectivity index (χ0n) is 11.2. The van der Waals surface area contributed by atoms with Crippen LogP contribution in [0.25, 0.3) is 0 Å². The molecule has 18 heavy (non-hydrogen) atoms. The van der Waals surface area contributed by atoms with Gasteiger partial charge in [-0.25, -0.2) is 0 Å². The zero-order valence-corrected chi connectivity index (χ0v) is 11.2. The van der Waals surface area contributed by atoms with Crippen molar-refractivity contribution in [2.24, 2.45) is 5.92 Å². The first-order valence-corrected chi connectivity index (χ1v) is 6.75. The topological polar surface area (TPSA) is 32.3 Å². The molecule has 2 aliphatic rings. The van der Waals surface area contributed by atoms with Gasteiger partial charge in [-0.15, -0.1) is 0 Å². The Kier molecular flexibility index (Phi) is 2.40. The number of nitrogens with one attached hydrogen (secondary N) is 1. The van der Waals surface area contributed by atoms with Crippen LogP contribution in [0.1, 0.15) is 44.0 Å². The smallest absolute Gasteiger partial charge is 0.258 e. The summed E-state index contributed by atoms with van der Waals surface area (Å²) < 4.78 is 0. The van der Waals surface area contributed by atoms with Crippen molar-refractivity contribution in [2.75, 3.05) is 5.32 Å². The predicted molar refractivity (Wildman–Crippen MR) is 72.5 cm³/mol. The molecule has 3 rings (SSSR count). The first-order valence-electron chi connectivity index (χ1n) is 6.75. The molecule has 1 saturated carbocycles. The second-order valence-corrected chi connectivity index (χ2v) is 5.86. The Morgan fingerprint density at radius 1 is 1.33 bits per heavy atom. The number of amides is 1. The van der Waals surface area contributed by atoms with Gasteiger partial charge < -0.3 is 10.2 Å². The summed E-state index contributed by atoms with van der Waals surface area (Å²) in [6, 6.07) is 8.04. The molecule has 3 heteroatoms. The molecule has 1 aromatic carbocycles. The third kappa shape index (κ3) is 1.53. The Bertz CT molecular complexity index is 493. The molecule has 1 atom stereocenters. The number of fused-ring (bicyclic) bond motifs is 1. The standard InChI is InChI=1S/C15H20N2O/c1-10(2)17-14(18)12-6-4-5-7-13(12)16-15(17,3)11-8-9-11/h4-7,10-11,16H,8-9H2,1-3H3. The van der Waals surface area contributed by atoms with Crippen molar-refractivity contribution in [2.45, 2.75) is 45.3 Å². The van der Waals surface area contributed by atoms with Crippen LogP contribution in [0.15, 0.2) is 24.3 Å². The first-order chi connectivity index (χ1) is 8.54. The lowest BCUT2D eigenvalue weighted by molar-refractivity contribution is 0.0384. The lowest BCUT2D eigenvalue weighted by atomic mass is 9.95. The summed E-state index contributed by atoms with van der Waals surface area (Å²) in [5, 5.41) is 3.60.